The summed E-state index contributed by atoms with van der Waals surface area (Å²) in [6.45, 7) is 11.9. The highest BCUT2D eigenvalue weighted by molar-refractivity contribution is 5.95. The Morgan fingerprint density at radius 3 is 2.58 bits per heavy atom. The third kappa shape index (κ3) is 2.75. The molecular formula is C18H28N2O4. The van der Waals surface area contributed by atoms with Crippen molar-refractivity contribution in [2.75, 3.05) is 6.61 Å². The van der Waals surface area contributed by atoms with E-state index in [2.05, 4.69) is 10.5 Å². The first-order valence-corrected chi connectivity index (χ1v) is 8.66. The van der Waals surface area contributed by atoms with E-state index in [1.807, 2.05) is 47.8 Å². The second kappa shape index (κ2) is 5.28. The first kappa shape index (κ1) is 17.4. The summed E-state index contributed by atoms with van der Waals surface area (Å²) in [6.07, 6.45) is 2.63. The lowest BCUT2D eigenvalue weighted by atomic mass is 9.87. The number of amides is 1. The van der Waals surface area contributed by atoms with Crippen LogP contribution in [0.3, 0.4) is 0 Å². The number of esters is 1. The number of hydrogen-bond acceptors (Lipinski definition) is 5. The molecule has 2 fully saturated rings. The zero-order valence-electron chi connectivity index (χ0n) is 15.4. The van der Waals surface area contributed by atoms with Crippen LogP contribution in [0.4, 0.5) is 0 Å². The van der Waals surface area contributed by atoms with E-state index in [0.717, 1.165) is 6.42 Å². The second-order valence-corrected chi connectivity index (χ2v) is 9.29. The maximum absolute atomic E-state index is 12.2. The molecule has 2 saturated carbocycles. The van der Waals surface area contributed by atoms with Crippen molar-refractivity contribution in [3.8, 4) is 0 Å². The summed E-state index contributed by atoms with van der Waals surface area (Å²) in [4.78, 5) is 24.3. The van der Waals surface area contributed by atoms with Gasteiger partial charge in [0, 0.05) is 23.5 Å². The van der Waals surface area contributed by atoms with Gasteiger partial charge in [-0.25, -0.2) is 5.43 Å². The van der Waals surface area contributed by atoms with E-state index in [1.54, 1.807) is 0 Å². The molecule has 1 aliphatic heterocycles. The minimum Gasteiger partial charge on any atom is -0.465 e. The molecule has 1 amide bonds. The zero-order valence-corrected chi connectivity index (χ0v) is 15.4. The molecule has 3 rings (SSSR count). The molecule has 6 nitrogen and oxygen atoms in total. The van der Waals surface area contributed by atoms with E-state index in [4.69, 9.17) is 9.47 Å². The van der Waals surface area contributed by atoms with Crippen LogP contribution in [0.15, 0.2) is 5.10 Å². The topological polar surface area (TPSA) is 77.0 Å². The fourth-order valence-electron chi connectivity index (χ4n) is 4.27. The van der Waals surface area contributed by atoms with Crippen LogP contribution in [-0.4, -0.2) is 36.4 Å². The Labute approximate surface area is 143 Å². The molecule has 3 aliphatic rings. The maximum atomic E-state index is 12.2. The van der Waals surface area contributed by atoms with Crippen LogP contribution in [0, 0.1) is 28.6 Å². The van der Waals surface area contributed by atoms with Gasteiger partial charge in [0.2, 0.25) is 5.91 Å². The first-order valence-electron chi connectivity index (χ1n) is 8.66. The molecule has 6 heteroatoms. The highest BCUT2D eigenvalue weighted by Crippen LogP contribution is 2.71. The summed E-state index contributed by atoms with van der Waals surface area (Å²) < 4.78 is 11.8. The van der Waals surface area contributed by atoms with Gasteiger partial charge in [0.25, 0.3) is 0 Å². The lowest BCUT2D eigenvalue weighted by molar-refractivity contribution is -0.155. The van der Waals surface area contributed by atoms with E-state index in [9.17, 15) is 9.59 Å². The highest BCUT2D eigenvalue weighted by Gasteiger charge is 2.78. The fourth-order valence-corrected chi connectivity index (χ4v) is 4.27. The van der Waals surface area contributed by atoms with Crippen molar-refractivity contribution >= 4 is 18.1 Å². The molecule has 1 N–H and O–H groups in total. The Bertz CT molecular complexity index is 587. The third-order valence-electron chi connectivity index (χ3n) is 5.27. The first-order chi connectivity index (χ1) is 11.0. The molecule has 0 radical (unpaired) electrons. The summed E-state index contributed by atoms with van der Waals surface area (Å²) in [5, 5.41) is 4.05. The summed E-state index contributed by atoms with van der Waals surface area (Å²) in [5.41, 5.74) is 1.44. The number of hydrogen-bond donors (Lipinski definition) is 1. The number of hydrazone groups is 1. The summed E-state index contributed by atoms with van der Waals surface area (Å²) in [6, 6.07) is 0. The van der Waals surface area contributed by atoms with Gasteiger partial charge in [-0.15, -0.1) is 0 Å². The predicted octanol–water partition coefficient (Wildman–Crippen LogP) is 2.13. The molecule has 2 aliphatic carbocycles. The van der Waals surface area contributed by atoms with Gasteiger partial charge in [-0.2, -0.15) is 5.10 Å². The number of fused-ring (bicyclic) bond motifs is 1. The van der Waals surface area contributed by atoms with E-state index in [1.165, 1.54) is 0 Å². The molecule has 24 heavy (non-hydrogen) atoms. The van der Waals surface area contributed by atoms with E-state index in [0.29, 0.717) is 6.61 Å². The molecule has 1 heterocycles. The molecule has 0 aromatic heterocycles. The van der Waals surface area contributed by atoms with Crippen molar-refractivity contribution in [3.63, 3.8) is 0 Å². The summed E-state index contributed by atoms with van der Waals surface area (Å²) >= 11 is 0. The number of carbonyl (C=O) groups is 2. The van der Waals surface area contributed by atoms with E-state index >= 15 is 0 Å². The van der Waals surface area contributed by atoms with Gasteiger partial charge in [0.1, 0.15) is 0 Å². The number of nitrogens with zero attached hydrogens (tertiary/aromatic N) is 1. The van der Waals surface area contributed by atoms with Gasteiger partial charge in [-0.3, -0.25) is 9.59 Å². The molecular weight excluding hydrogens is 308 g/mol. The van der Waals surface area contributed by atoms with Crippen LogP contribution in [0.5, 0.6) is 0 Å². The summed E-state index contributed by atoms with van der Waals surface area (Å²) in [7, 11) is 0. The Kier molecular flexibility index (Phi) is 3.83. The smallest absolute Gasteiger partial charge is 0.311 e. The fraction of sp³-hybridized carbons (Fsp3) is 0.833. The quantitative estimate of drug-likeness (QED) is 0.801. The van der Waals surface area contributed by atoms with Crippen LogP contribution in [0.25, 0.3) is 0 Å². The Hall–Kier alpha value is -1.43. The molecule has 0 bridgehead atoms. The van der Waals surface area contributed by atoms with Crippen molar-refractivity contribution in [1.82, 2.24) is 5.43 Å². The normalized spacial score (nSPS) is 37.5. The highest BCUT2D eigenvalue weighted by atomic mass is 16.5. The van der Waals surface area contributed by atoms with Crippen LogP contribution in [-0.2, 0) is 19.1 Å². The van der Waals surface area contributed by atoms with E-state index < -0.39 is 5.41 Å². The second-order valence-electron chi connectivity index (χ2n) is 9.29. The van der Waals surface area contributed by atoms with Crippen LogP contribution in [0.1, 0.15) is 48.0 Å². The number of nitrogens with one attached hydrogen (secondary N) is 1. The van der Waals surface area contributed by atoms with Gasteiger partial charge in [-0.1, -0.05) is 0 Å². The average molecular weight is 336 g/mol. The van der Waals surface area contributed by atoms with Gasteiger partial charge in [0.05, 0.1) is 29.6 Å². The number of ether oxygens (including phenoxy) is 2. The van der Waals surface area contributed by atoms with Gasteiger partial charge in [-0.05, 0) is 48.0 Å². The molecule has 0 aromatic rings. The maximum Gasteiger partial charge on any atom is 0.311 e. The minimum atomic E-state index is -0.530. The lowest BCUT2D eigenvalue weighted by Crippen LogP contribution is -2.37. The molecule has 0 unspecified atom stereocenters. The van der Waals surface area contributed by atoms with Crippen molar-refractivity contribution in [1.29, 1.82) is 0 Å². The standard InChI is InChI=1S/C18H28N2O4/c1-16(2,3)15(22)23-8-10-7-11(24-17(4,5)6)12-13-14(21)20-19-9-18(10,12)13/h9-13H,7-8H2,1-6H3,(H,20,21)/t10-,11+,12+,13-,18+/m0/s1. The zero-order chi connectivity index (χ0) is 17.9. The Morgan fingerprint density at radius 2 is 2.00 bits per heavy atom. The van der Waals surface area contributed by atoms with Gasteiger partial charge < -0.3 is 9.47 Å². The summed E-state index contributed by atoms with van der Waals surface area (Å²) in [5.74, 6) is -0.182. The lowest BCUT2D eigenvalue weighted by Gasteiger charge is -2.29. The average Bonchev–Trinajstić information content (AvgIpc) is 3.03. The van der Waals surface area contributed by atoms with Crippen molar-refractivity contribution in [3.05, 3.63) is 0 Å². The van der Waals surface area contributed by atoms with E-state index in [-0.39, 0.29) is 46.8 Å². The number of carbonyl (C=O) groups excluding carboxylic acids is 2. The van der Waals surface area contributed by atoms with Crippen LogP contribution >= 0.6 is 0 Å². The SMILES string of the molecule is CC(C)(C)O[C@@H]1C[C@@H](COC(=O)C(C)(C)C)[C@@]23C=NNC(=O)[C@@H]2[C@@H]13. The Balaban J connectivity index is 1.77. The molecule has 0 aromatic carbocycles. The molecule has 0 saturated heterocycles. The van der Waals surface area contributed by atoms with Crippen molar-refractivity contribution in [2.45, 2.75) is 59.7 Å². The van der Waals surface area contributed by atoms with Crippen molar-refractivity contribution < 1.29 is 19.1 Å². The Morgan fingerprint density at radius 1 is 1.33 bits per heavy atom. The third-order valence-corrected chi connectivity index (χ3v) is 5.27. The van der Waals surface area contributed by atoms with Crippen LogP contribution < -0.4 is 5.43 Å². The van der Waals surface area contributed by atoms with Gasteiger partial charge in [0.15, 0.2) is 0 Å². The molecule has 134 valence electrons. The van der Waals surface area contributed by atoms with Crippen molar-refractivity contribution in [2.24, 2.45) is 33.7 Å². The van der Waals surface area contributed by atoms with Crippen LogP contribution in [0.2, 0.25) is 0 Å². The monoisotopic (exact) mass is 336 g/mol. The molecule has 5 atom stereocenters. The largest absolute Gasteiger partial charge is 0.465 e. The minimum absolute atomic E-state index is 0.0105. The predicted molar refractivity (Wildman–Crippen MR) is 89.2 cm³/mol. The molecule has 1 spiro atoms. The number of rotatable bonds is 3. The van der Waals surface area contributed by atoms with Gasteiger partial charge >= 0.3 is 5.97 Å².